The summed E-state index contributed by atoms with van der Waals surface area (Å²) < 4.78 is 26.3. The molecule has 2 nitrogen and oxygen atoms in total. The van der Waals surface area contributed by atoms with Crippen molar-refractivity contribution in [1.29, 1.82) is 10.5 Å². The van der Waals surface area contributed by atoms with Crippen LogP contribution in [-0.4, -0.2) is 0 Å². The Labute approximate surface area is 93.2 Å². The summed E-state index contributed by atoms with van der Waals surface area (Å²) in [6.45, 7) is 0. The predicted octanol–water partition coefficient (Wildman–Crippen LogP) is 3.16. The summed E-state index contributed by atoms with van der Waals surface area (Å²) in [5, 5.41) is 16.9. The number of rotatable bonds is 1. The fourth-order valence-electron chi connectivity index (χ4n) is 0.909. The fourth-order valence-corrected chi connectivity index (χ4v) is 1.33. The molecule has 0 aliphatic rings. The molecule has 0 unspecified atom stereocenters. The summed E-state index contributed by atoms with van der Waals surface area (Å²) >= 11 is 3.00. The molecule has 1 aromatic rings. The van der Waals surface area contributed by atoms with Gasteiger partial charge in [0, 0.05) is 10.0 Å². The first-order valence-corrected chi connectivity index (χ1v) is 4.55. The molecule has 1 rings (SSSR count). The minimum absolute atomic E-state index is 0.145. The highest BCUT2D eigenvalue weighted by Crippen LogP contribution is 2.24. The number of hydrogen-bond acceptors (Lipinski definition) is 2. The van der Waals surface area contributed by atoms with Crippen LogP contribution in [0.5, 0.6) is 0 Å². The Balaban J connectivity index is 3.40. The van der Waals surface area contributed by atoms with Crippen LogP contribution in [-0.2, 0) is 0 Å². The van der Waals surface area contributed by atoms with Crippen molar-refractivity contribution in [3.8, 4) is 12.1 Å². The van der Waals surface area contributed by atoms with Crippen LogP contribution < -0.4 is 0 Å². The van der Waals surface area contributed by atoms with Crippen molar-refractivity contribution in [2.75, 3.05) is 0 Å². The predicted molar refractivity (Wildman–Crippen MR) is 53.3 cm³/mol. The molecule has 74 valence electrons. The highest BCUT2D eigenvalue weighted by Gasteiger charge is 2.10. The third-order valence-electron chi connectivity index (χ3n) is 1.61. The maximum absolute atomic E-state index is 13.2. The largest absolute Gasteiger partial charge is 0.204 e. The molecule has 15 heavy (non-hydrogen) atoms. The van der Waals surface area contributed by atoms with E-state index < -0.39 is 11.6 Å². The summed E-state index contributed by atoms with van der Waals surface area (Å²) in [4.78, 5) is 0. The second-order valence-electron chi connectivity index (χ2n) is 2.54. The van der Waals surface area contributed by atoms with Gasteiger partial charge in [-0.05, 0) is 18.2 Å². The van der Waals surface area contributed by atoms with E-state index in [9.17, 15) is 8.78 Å². The van der Waals surface area contributed by atoms with Crippen molar-refractivity contribution in [3.63, 3.8) is 0 Å². The second-order valence-corrected chi connectivity index (χ2v) is 3.39. The third-order valence-corrected chi connectivity index (χ3v) is 2.30. The Hall–Kier alpha value is -1.72. The van der Waals surface area contributed by atoms with Crippen LogP contribution in [0.4, 0.5) is 8.78 Å². The lowest BCUT2D eigenvalue weighted by molar-refractivity contribution is 0.506. The van der Waals surface area contributed by atoms with Gasteiger partial charge < -0.3 is 0 Å². The van der Waals surface area contributed by atoms with Crippen molar-refractivity contribution in [2.24, 2.45) is 0 Å². The number of allylic oxidation sites excluding steroid dienone is 1. The molecule has 0 spiro atoms. The van der Waals surface area contributed by atoms with Gasteiger partial charge in [0.2, 0.25) is 0 Å². The summed E-state index contributed by atoms with van der Waals surface area (Å²) in [6, 6.07) is 5.38. The third kappa shape index (κ3) is 2.39. The molecule has 0 radical (unpaired) electrons. The molecule has 0 amide bonds. The summed E-state index contributed by atoms with van der Waals surface area (Å²) in [7, 11) is 0. The van der Waals surface area contributed by atoms with Gasteiger partial charge in [-0.25, -0.2) is 8.78 Å². The molecule has 0 aliphatic heterocycles. The molecule has 0 heterocycles. The highest BCUT2D eigenvalue weighted by molar-refractivity contribution is 9.10. The van der Waals surface area contributed by atoms with Crippen LogP contribution in [0.15, 0.2) is 22.2 Å². The summed E-state index contributed by atoms with van der Waals surface area (Å²) in [5.41, 5.74) is -0.437. The van der Waals surface area contributed by atoms with Gasteiger partial charge in [-0.2, -0.15) is 10.5 Å². The second kappa shape index (κ2) is 4.68. The van der Waals surface area contributed by atoms with Crippen LogP contribution in [0, 0.1) is 34.3 Å². The molecule has 0 aliphatic carbocycles. The first-order chi connectivity index (χ1) is 7.10. The number of hydrogen-bond donors (Lipinski definition) is 0. The molecule has 0 aromatic heterocycles. The monoisotopic (exact) mass is 268 g/mol. The van der Waals surface area contributed by atoms with Gasteiger partial charge in [0.1, 0.15) is 17.7 Å². The smallest absolute Gasteiger partial charge is 0.167 e. The van der Waals surface area contributed by atoms with E-state index >= 15 is 0 Å². The minimum Gasteiger partial charge on any atom is -0.204 e. The maximum atomic E-state index is 13.2. The van der Waals surface area contributed by atoms with E-state index in [4.69, 9.17) is 10.5 Å². The van der Waals surface area contributed by atoms with Crippen LogP contribution in [0.2, 0.25) is 0 Å². The van der Waals surface area contributed by atoms with Crippen molar-refractivity contribution < 1.29 is 8.78 Å². The van der Waals surface area contributed by atoms with Gasteiger partial charge in [0.05, 0.1) is 0 Å². The zero-order chi connectivity index (χ0) is 11.4. The van der Waals surface area contributed by atoms with E-state index in [1.807, 2.05) is 0 Å². The highest BCUT2D eigenvalue weighted by atomic mass is 79.9. The fraction of sp³-hybridized carbons (Fsp3) is 0. The standard InChI is InChI=1S/C10H3BrF2N2/c11-8-1-2-9(12)10(13)7(8)3-6(4-14)5-15/h1-3H. The SMILES string of the molecule is N#CC(C#N)=Cc1c(Br)ccc(F)c1F. The van der Waals surface area contributed by atoms with E-state index in [-0.39, 0.29) is 15.6 Å². The zero-order valence-corrected chi connectivity index (χ0v) is 8.85. The molecule has 0 fully saturated rings. The Morgan fingerprint density at radius 1 is 1.27 bits per heavy atom. The Morgan fingerprint density at radius 3 is 2.40 bits per heavy atom. The van der Waals surface area contributed by atoms with Crippen LogP contribution in [0.3, 0.4) is 0 Å². The lowest BCUT2D eigenvalue weighted by atomic mass is 10.1. The topological polar surface area (TPSA) is 47.6 Å². The van der Waals surface area contributed by atoms with Gasteiger partial charge in [0.25, 0.3) is 0 Å². The first-order valence-electron chi connectivity index (χ1n) is 3.75. The molecule has 0 N–H and O–H groups in total. The molecule has 0 atom stereocenters. The van der Waals surface area contributed by atoms with E-state index in [1.54, 1.807) is 12.1 Å². The Kier molecular flexibility index (Phi) is 3.54. The molecular formula is C10H3BrF2N2. The summed E-state index contributed by atoms with van der Waals surface area (Å²) in [6.07, 6.45) is 0.989. The van der Waals surface area contributed by atoms with Gasteiger partial charge in [-0.3, -0.25) is 0 Å². The van der Waals surface area contributed by atoms with Gasteiger partial charge in [-0.15, -0.1) is 0 Å². The Bertz CT molecular complexity index is 493. The van der Waals surface area contributed by atoms with Crippen molar-refractivity contribution >= 4 is 22.0 Å². The molecule has 1 aromatic carbocycles. The van der Waals surface area contributed by atoms with Crippen molar-refractivity contribution in [1.82, 2.24) is 0 Å². The van der Waals surface area contributed by atoms with Crippen LogP contribution in [0.1, 0.15) is 5.56 Å². The first kappa shape index (κ1) is 11.4. The quantitative estimate of drug-likeness (QED) is 0.580. The number of nitriles is 2. The van der Waals surface area contributed by atoms with E-state index in [1.165, 1.54) is 6.07 Å². The van der Waals surface area contributed by atoms with Crippen LogP contribution >= 0.6 is 15.9 Å². The van der Waals surface area contributed by atoms with Gasteiger partial charge >= 0.3 is 0 Å². The maximum Gasteiger partial charge on any atom is 0.167 e. The van der Waals surface area contributed by atoms with Gasteiger partial charge in [0.15, 0.2) is 11.6 Å². The van der Waals surface area contributed by atoms with Crippen molar-refractivity contribution in [3.05, 3.63) is 39.4 Å². The number of benzene rings is 1. The minimum atomic E-state index is -1.09. The Morgan fingerprint density at radius 2 is 1.87 bits per heavy atom. The molecular weight excluding hydrogens is 266 g/mol. The average molecular weight is 269 g/mol. The molecule has 0 saturated heterocycles. The average Bonchev–Trinajstić information content (AvgIpc) is 2.24. The van der Waals surface area contributed by atoms with E-state index in [0.717, 1.165) is 12.1 Å². The molecule has 0 bridgehead atoms. The number of nitrogens with zero attached hydrogens (tertiary/aromatic N) is 2. The number of halogens is 3. The lowest BCUT2D eigenvalue weighted by Gasteiger charge is -2.01. The van der Waals surface area contributed by atoms with Crippen molar-refractivity contribution in [2.45, 2.75) is 0 Å². The zero-order valence-electron chi connectivity index (χ0n) is 7.26. The van der Waals surface area contributed by atoms with E-state index in [0.29, 0.717) is 0 Å². The van der Waals surface area contributed by atoms with Crippen LogP contribution in [0.25, 0.3) is 6.08 Å². The molecule has 0 saturated carbocycles. The van der Waals surface area contributed by atoms with E-state index in [2.05, 4.69) is 15.9 Å². The van der Waals surface area contributed by atoms with Gasteiger partial charge in [-0.1, -0.05) is 15.9 Å². The normalized spacial score (nSPS) is 8.87. The summed E-state index contributed by atoms with van der Waals surface area (Å²) in [5.74, 6) is -2.12. The molecule has 5 heteroatoms. The lowest BCUT2D eigenvalue weighted by Crippen LogP contribution is -1.90.